The minimum absolute atomic E-state index is 0.412. The van der Waals surface area contributed by atoms with Crippen LogP contribution in [0, 0.1) is 39.5 Å². The molecule has 4 rings (SSSR count). The van der Waals surface area contributed by atoms with Crippen molar-refractivity contribution in [3.05, 3.63) is 40.3 Å². The molecule has 0 aromatic carbocycles. The monoisotopic (exact) mass is 662 g/mol. The molecule has 2 fully saturated rings. The van der Waals surface area contributed by atoms with Crippen LogP contribution < -0.4 is 29.9 Å². The number of halogens is 1. The fourth-order valence-electron chi connectivity index (χ4n) is 4.77. The Labute approximate surface area is 261 Å². The van der Waals surface area contributed by atoms with Crippen LogP contribution in [0.5, 0.6) is 0 Å². The number of piperidine rings is 2. The number of hydrogen-bond donors (Lipinski definition) is 5. The molecule has 0 saturated carbocycles. The summed E-state index contributed by atoms with van der Waals surface area (Å²) in [6.07, 6.45) is 9.12. The number of anilines is 1. The van der Waals surface area contributed by atoms with Crippen LogP contribution in [0.1, 0.15) is 61.0 Å². The van der Waals surface area contributed by atoms with Gasteiger partial charge in [0.25, 0.3) is 20.4 Å². The summed E-state index contributed by atoms with van der Waals surface area (Å²) in [7, 11) is -7.06. The highest BCUT2D eigenvalue weighted by Gasteiger charge is 2.22. The Kier molecular flexibility index (Phi) is 15.6. The number of aromatic nitrogens is 4. The molecular weight excluding hydrogens is 616 g/mol. The summed E-state index contributed by atoms with van der Waals surface area (Å²) in [4.78, 5) is 18.6. The summed E-state index contributed by atoms with van der Waals surface area (Å²) >= 11 is 5.66. The molecule has 0 atom stereocenters. The molecule has 2 aromatic rings. The molecule has 0 bridgehead atoms. The van der Waals surface area contributed by atoms with E-state index in [4.69, 9.17) is 21.9 Å². The second kappa shape index (κ2) is 18.0. The molecule has 0 radical (unpaired) electrons. The number of nitrogens with one attached hydrogen (secondary N) is 3. The zero-order chi connectivity index (χ0) is 32.0. The van der Waals surface area contributed by atoms with E-state index in [1.54, 1.807) is 6.33 Å². The Hall–Kier alpha value is -2.05. The van der Waals surface area contributed by atoms with Crippen LogP contribution in [0.2, 0.25) is 5.15 Å². The lowest BCUT2D eigenvalue weighted by atomic mass is 9.93. The molecule has 244 valence electrons. The van der Waals surface area contributed by atoms with E-state index in [1.165, 1.54) is 6.33 Å². The van der Waals surface area contributed by atoms with Crippen molar-refractivity contribution in [2.24, 2.45) is 22.1 Å². The number of hydrogen-bond acceptors (Lipinski definition) is 10. The van der Waals surface area contributed by atoms with E-state index in [2.05, 4.69) is 39.6 Å². The molecule has 4 heterocycles. The third-order valence-electron chi connectivity index (χ3n) is 7.67. The molecule has 0 unspecified atom stereocenters. The predicted molar refractivity (Wildman–Crippen MR) is 170 cm³/mol. The highest BCUT2D eigenvalue weighted by molar-refractivity contribution is 7.87. The van der Waals surface area contributed by atoms with E-state index < -0.39 is 20.4 Å². The van der Waals surface area contributed by atoms with Gasteiger partial charge < -0.3 is 10.2 Å². The van der Waals surface area contributed by atoms with Crippen LogP contribution in [-0.4, -0.2) is 76.0 Å². The number of rotatable bonds is 9. The zero-order valence-electron chi connectivity index (χ0n) is 25.5. The smallest absolute Gasteiger partial charge is 0.274 e. The van der Waals surface area contributed by atoms with Crippen molar-refractivity contribution in [2.45, 2.75) is 66.2 Å². The quantitative estimate of drug-likeness (QED) is 0.244. The molecule has 0 spiro atoms. The lowest BCUT2D eigenvalue weighted by Crippen LogP contribution is -2.37. The van der Waals surface area contributed by atoms with Crippen LogP contribution in [0.15, 0.2) is 12.7 Å². The van der Waals surface area contributed by atoms with Gasteiger partial charge in [0.15, 0.2) is 0 Å². The normalized spacial score (nSPS) is 16.6. The summed E-state index contributed by atoms with van der Waals surface area (Å²) in [5.41, 5.74) is 4.04. The minimum Gasteiger partial charge on any atom is -0.356 e. The van der Waals surface area contributed by atoms with Gasteiger partial charge in [-0.15, -0.1) is 0 Å². The molecule has 7 N–H and O–H groups in total. The van der Waals surface area contributed by atoms with Crippen LogP contribution in [0.4, 0.5) is 5.82 Å². The Balaban J connectivity index is 0.000000249. The largest absolute Gasteiger partial charge is 0.356 e. The molecule has 2 aliphatic heterocycles. The summed E-state index contributed by atoms with van der Waals surface area (Å²) < 4.78 is 47.3. The van der Waals surface area contributed by atoms with Gasteiger partial charge in [0.1, 0.15) is 23.6 Å². The van der Waals surface area contributed by atoms with E-state index in [0.717, 1.165) is 93.0 Å². The fourth-order valence-corrected chi connectivity index (χ4v) is 5.75. The van der Waals surface area contributed by atoms with Crippen molar-refractivity contribution in [1.82, 2.24) is 34.7 Å². The van der Waals surface area contributed by atoms with Crippen LogP contribution in [-0.2, 0) is 20.4 Å². The van der Waals surface area contributed by atoms with Gasteiger partial charge in [-0.2, -0.15) is 16.8 Å². The van der Waals surface area contributed by atoms with E-state index >= 15 is 0 Å². The summed E-state index contributed by atoms with van der Waals surface area (Å²) in [5.74, 6) is 2.18. The topological polar surface area (TPSA) is 211 Å². The van der Waals surface area contributed by atoms with E-state index in [0.29, 0.717) is 30.1 Å². The molecule has 0 aliphatic carbocycles. The maximum atomic E-state index is 10.8. The van der Waals surface area contributed by atoms with Gasteiger partial charge in [-0.3, -0.25) is 0 Å². The number of nitrogens with zero attached hydrogens (tertiary/aromatic N) is 5. The maximum Gasteiger partial charge on any atom is 0.274 e. The highest BCUT2D eigenvalue weighted by Crippen LogP contribution is 2.26. The van der Waals surface area contributed by atoms with Crippen molar-refractivity contribution in [3.63, 3.8) is 0 Å². The van der Waals surface area contributed by atoms with E-state index in [-0.39, 0.29) is 0 Å². The fraction of sp³-hybridized carbons (Fsp3) is 0.692. The average Bonchev–Trinajstić information content (AvgIpc) is 2.94. The van der Waals surface area contributed by atoms with Crippen molar-refractivity contribution in [2.75, 3.05) is 44.2 Å². The predicted octanol–water partition coefficient (Wildman–Crippen LogP) is 1.41. The van der Waals surface area contributed by atoms with Gasteiger partial charge in [0, 0.05) is 48.7 Å². The molecule has 14 nitrogen and oxygen atoms in total. The summed E-state index contributed by atoms with van der Waals surface area (Å²) in [5, 5.41) is 13.5. The zero-order valence-corrected chi connectivity index (χ0v) is 27.9. The third-order valence-corrected chi connectivity index (χ3v) is 9.26. The minimum atomic E-state index is -3.57. The third kappa shape index (κ3) is 15.0. The lowest BCUT2D eigenvalue weighted by Gasteiger charge is -2.33. The molecule has 0 amide bonds. The van der Waals surface area contributed by atoms with Crippen LogP contribution >= 0.6 is 11.6 Å². The van der Waals surface area contributed by atoms with Crippen molar-refractivity contribution < 1.29 is 16.8 Å². The summed E-state index contributed by atoms with van der Waals surface area (Å²) in [6.45, 7) is 12.7. The highest BCUT2D eigenvalue weighted by atomic mass is 35.5. The Morgan fingerprint density at radius 2 is 1.26 bits per heavy atom. The van der Waals surface area contributed by atoms with Gasteiger partial charge in [-0.25, -0.2) is 39.7 Å². The lowest BCUT2D eigenvalue weighted by molar-refractivity contribution is 0.354. The van der Waals surface area contributed by atoms with Gasteiger partial charge in [0.05, 0.1) is 0 Å². The van der Waals surface area contributed by atoms with E-state index in [1.807, 2.05) is 27.7 Å². The first-order valence-electron chi connectivity index (χ1n) is 14.4. The number of nitrogens with two attached hydrogens (primary N) is 2. The second-order valence-corrected chi connectivity index (χ2v) is 14.0. The van der Waals surface area contributed by atoms with Crippen molar-refractivity contribution in [1.29, 1.82) is 0 Å². The van der Waals surface area contributed by atoms with Crippen LogP contribution in [0.3, 0.4) is 0 Å². The molecule has 43 heavy (non-hydrogen) atoms. The second-order valence-electron chi connectivity index (χ2n) is 10.9. The van der Waals surface area contributed by atoms with Gasteiger partial charge in [-0.1, -0.05) is 11.6 Å². The van der Waals surface area contributed by atoms with Crippen molar-refractivity contribution >= 4 is 37.8 Å². The SMILES string of the molecule is Cc1ncnc(Cl)c1C.Cc1ncnc(N2CCC(CCNS(N)(=O)=O)CC2)c1C.NS(=O)(=O)NCCC1CCNCC1. The Morgan fingerprint density at radius 1 is 0.791 bits per heavy atom. The summed E-state index contributed by atoms with van der Waals surface area (Å²) in [6, 6.07) is 0. The average molecular weight is 663 g/mol. The Bertz CT molecular complexity index is 1330. The maximum absolute atomic E-state index is 10.8. The molecule has 2 aliphatic rings. The molecule has 2 aromatic heterocycles. The first kappa shape index (κ1) is 37.1. The Morgan fingerprint density at radius 3 is 1.72 bits per heavy atom. The molecule has 17 heteroatoms. The molecular formula is C26H47ClN10O4S2. The number of aryl methyl sites for hydroxylation is 2. The van der Waals surface area contributed by atoms with Crippen LogP contribution in [0.25, 0.3) is 0 Å². The van der Waals surface area contributed by atoms with Gasteiger partial charge >= 0.3 is 0 Å². The van der Waals surface area contributed by atoms with Gasteiger partial charge in [0.2, 0.25) is 0 Å². The van der Waals surface area contributed by atoms with E-state index in [9.17, 15) is 16.8 Å². The van der Waals surface area contributed by atoms with Crippen molar-refractivity contribution in [3.8, 4) is 0 Å². The molecule has 2 saturated heterocycles. The standard InChI is InChI=1S/C13H23N5O2S.C7H17N3O2S.C6H7ClN2/c1-10-11(2)15-9-16-13(10)18-7-4-12(5-8-18)3-6-17-21(14,19)20;8-13(11,12)10-6-3-7-1-4-9-5-2-7;1-4-5(2)8-3-9-6(4)7/h9,12,17H,3-8H2,1-2H3,(H2,14,19,20);7,9-10H,1-6H2,(H2,8,11,12);3H,1-2H3. The first-order valence-corrected chi connectivity index (χ1v) is 17.9. The first-order chi connectivity index (χ1) is 20.2. The van der Waals surface area contributed by atoms with Gasteiger partial charge in [-0.05, 0) is 91.1 Å².